The highest BCUT2D eigenvalue weighted by Crippen LogP contribution is 2.27. The van der Waals surface area contributed by atoms with Gasteiger partial charge in [0.15, 0.2) is 0 Å². The summed E-state index contributed by atoms with van der Waals surface area (Å²) in [6.45, 7) is 11.5. The number of nitrogens with zero attached hydrogens (tertiary/aromatic N) is 1. The van der Waals surface area contributed by atoms with Gasteiger partial charge in [-0.25, -0.2) is 0 Å². The van der Waals surface area contributed by atoms with Crippen LogP contribution in [-0.2, 0) is 20.9 Å². The Kier molecular flexibility index (Phi) is 9.76. The minimum Gasteiger partial charge on any atom is -0.493 e. The van der Waals surface area contributed by atoms with Gasteiger partial charge in [0.2, 0.25) is 5.91 Å². The van der Waals surface area contributed by atoms with Gasteiger partial charge in [0, 0.05) is 18.5 Å². The maximum Gasteiger partial charge on any atom is 0.307 e. The Labute approximate surface area is 192 Å². The first-order valence-electron chi connectivity index (χ1n) is 11.4. The molecule has 0 heterocycles. The number of rotatable bonds is 12. The van der Waals surface area contributed by atoms with Crippen molar-refractivity contribution in [2.75, 3.05) is 19.8 Å². The SMILES string of the molecule is CCOC(=O)CCN(Cc1ccccc1)C(=O)C(C)(C)CCCOc1cc(C)ccc1C. The fourth-order valence-electron chi connectivity index (χ4n) is 3.61. The van der Waals surface area contributed by atoms with E-state index in [1.165, 1.54) is 5.56 Å². The van der Waals surface area contributed by atoms with Crippen LogP contribution in [0.5, 0.6) is 5.75 Å². The highest BCUT2D eigenvalue weighted by atomic mass is 16.5. The van der Waals surface area contributed by atoms with Gasteiger partial charge in [-0.2, -0.15) is 0 Å². The predicted octanol–water partition coefficient (Wildman–Crippen LogP) is 5.47. The van der Waals surface area contributed by atoms with Crippen LogP contribution in [-0.4, -0.2) is 36.5 Å². The molecule has 174 valence electrons. The summed E-state index contributed by atoms with van der Waals surface area (Å²) in [4.78, 5) is 27.1. The summed E-state index contributed by atoms with van der Waals surface area (Å²) >= 11 is 0. The maximum atomic E-state index is 13.4. The van der Waals surface area contributed by atoms with E-state index in [4.69, 9.17) is 9.47 Å². The van der Waals surface area contributed by atoms with E-state index in [0.717, 1.165) is 23.3 Å². The third-order valence-corrected chi connectivity index (χ3v) is 5.52. The van der Waals surface area contributed by atoms with Crippen molar-refractivity contribution in [3.8, 4) is 5.75 Å². The summed E-state index contributed by atoms with van der Waals surface area (Å²) in [7, 11) is 0. The monoisotopic (exact) mass is 439 g/mol. The zero-order valence-corrected chi connectivity index (χ0v) is 20.1. The molecule has 0 unspecified atom stereocenters. The number of carbonyl (C=O) groups excluding carboxylic acids is 2. The van der Waals surface area contributed by atoms with Crippen LogP contribution in [0, 0.1) is 19.3 Å². The van der Waals surface area contributed by atoms with Crippen molar-refractivity contribution < 1.29 is 19.1 Å². The van der Waals surface area contributed by atoms with E-state index in [-0.39, 0.29) is 18.3 Å². The Hall–Kier alpha value is -2.82. The molecule has 0 bridgehead atoms. The van der Waals surface area contributed by atoms with Gasteiger partial charge in [0.25, 0.3) is 0 Å². The van der Waals surface area contributed by atoms with Gasteiger partial charge in [-0.05, 0) is 56.4 Å². The fraction of sp³-hybridized carbons (Fsp3) is 0.481. The van der Waals surface area contributed by atoms with E-state index < -0.39 is 5.41 Å². The summed E-state index contributed by atoms with van der Waals surface area (Å²) in [6.07, 6.45) is 1.66. The lowest BCUT2D eigenvalue weighted by Crippen LogP contribution is -2.41. The normalized spacial score (nSPS) is 11.2. The number of hydrogen-bond donors (Lipinski definition) is 0. The lowest BCUT2D eigenvalue weighted by molar-refractivity contribution is -0.146. The average Bonchev–Trinajstić information content (AvgIpc) is 2.77. The molecule has 0 radical (unpaired) electrons. The molecule has 0 aliphatic carbocycles. The minimum atomic E-state index is -0.561. The van der Waals surface area contributed by atoms with Crippen LogP contribution >= 0.6 is 0 Å². The maximum absolute atomic E-state index is 13.4. The Bertz CT molecular complexity index is 876. The Morgan fingerprint density at radius 1 is 1.03 bits per heavy atom. The van der Waals surface area contributed by atoms with Gasteiger partial charge in [-0.3, -0.25) is 9.59 Å². The summed E-state index contributed by atoms with van der Waals surface area (Å²) < 4.78 is 11.0. The molecule has 2 aromatic carbocycles. The second kappa shape index (κ2) is 12.3. The molecular formula is C27H37NO4. The first-order chi connectivity index (χ1) is 15.2. The smallest absolute Gasteiger partial charge is 0.307 e. The van der Waals surface area contributed by atoms with Crippen LogP contribution in [0.4, 0.5) is 0 Å². The zero-order valence-electron chi connectivity index (χ0n) is 20.1. The van der Waals surface area contributed by atoms with E-state index in [1.54, 1.807) is 11.8 Å². The standard InChI is InChI=1S/C27H37NO4/c1-6-31-25(29)15-17-28(20-23-11-8-7-9-12-23)26(30)27(4,5)16-10-18-32-24-19-21(2)13-14-22(24)3/h7-9,11-14,19H,6,10,15-18,20H2,1-5H3. The molecule has 1 amide bonds. The van der Waals surface area contributed by atoms with Gasteiger partial charge in [0.1, 0.15) is 5.75 Å². The van der Waals surface area contributed by atoms with Gasteiger partial charge < -0.3 is 14.4 Å². The molecular weight excluding hydrogens is 402 g/mol. The predicted molar refractivity (Wildman–Crippen MR) is 128 cm³/mol. The lowest BCUT2D eigenvalue weighted by Gasteiger charge is -2.32. The van der Waals surface area contributed by atoms with Crippen LogP contribution in [0.2, 0.25) is 0 Å². The van der Waals surface area contributed by atoms with Gasteiger partial charge in [-0.1, -0.05) is 56.3 Å². The summed E-state index contributed by atoms with van der Waals surface area (Å²) in [5, 5.41) is 0. The Morgan fingerprint density at radius 3 is 2.44 bits per heavy atom. The lowest BCUT2D eigenvalue weighted by atomic mass is 9.86. The van der Waals surface area contributed by atoms with Crippen LogP contribution < -0.4 is 4.74 Å². The van der Waals surface area contributed by atoms with Crippen molar-refractivity contribution in [1.82, 2.24) is 4.90 Å². The van der Waals surface area contributed by atoms with Crippen LogP contribution in [0.3, 0.4) is 0 Å². The highest BCUT2D eigenvalue weighted by Gasteiger charge is 2.32. The molecule has 2 aromatic rings. The highest BCUT2D eigenvalue weighted by molar-refractivity contribution is 5.82. The molecule has 0 saturated carbocycles. The molecule has 2 rings (SSSR count). The van der Waals surface area contributed by atoms with Crippen molar-refractivity contribution in [3.05, 3.63) is 65.2 Å². The minimum absolute atomic E-state index is 0.0392. The van der Waals surface area contributed by atoms with Crippen molar-refractivity contribution in [2.24, 2.45) is 5.41 Å². The molecule has 0 aromatic heterocycles. The van der Waals surface area contributed by atoms with Gasteiger partial charge in [0.05, 0.1) is 19.6 Å². The molecule has 0 saturated heterocycles. The van der Waals surface area contributed by atoms with Crippen molar-refractivity contribution in [1.29, 1.82) is 0 Å². The van der Waals surface area contributed by atoms with E-state index in [1.807, 2.05) is 64.1 Å². The van der Waals surface area contributed by atoms with Crippen molar-refractivity contribution in [3.63, 3.8) is 0 Å². The molecule has 5 nitrogen and oxygen atoms in total. The van der Waals surface area contributed by atoms with Crippen molar-refractivity contribution >= 4 is 11.9 Å². The molecule has 0 atom stereocenters. The van der Waals surface area contributed by atoms with Gasteiger partial charge >= 0.3 is 5.97 Å². The average molecular weight is 440 g/mol. The molecule has 0 spiro atoms. The van der Waals surface area contributed by atoms with Gasteiger partial charge in [-0.15, -0.1) is 0 Å². The van der Waals surface area contributed by atoms with Crippen LogP contribution in [0.25, 0.3) is 0 Å². The quantitative estimate of drug-likeness (QED) is 0.325. The number of hydrogen-bond acceptors (Lipinski definition) is 4. The number of benzene rings is 2. The third-order valence-electron chi connectivity index (χ3n) is 5.52. The number of carbonyl (C=O) groups is 2. The second-order valence-electron chi connectivity index (χ2n) is 8.87. The first-order valence-corrected chi connectivity index (χ1v) is 11.4. The Balaban J connectivity index is 1.98. The van der Waals surface area contributed by atoms with E-state index in [9.17, 15) is 9.59 Å². The molecule has 0 aliphatic heterocycles. The molecule has 5 heteroatoms. The number of amides is 1. The zero-order chi connectivity index (χ0) is 23.6. The van der Waals surface area contributed by atoms with E-state index in [2.05, 4.69) is 12.1 Å². The molecule has 0 N–H and O–H groups in total. The fourth-order valence-corrected chi connectivity index (χ4v) is 3.61. The van der Waals surface area contributed by atoms with Crippen LogP contribution in [0.15, 0.2) is 48.5 Å². The Morgan fingerprint density at radius 2 is 1.75 bits per heavy atom. The largest absolute Gasteiger partial charge is 0.493 e. The summed E-state index contributed by atoms with van der Waals surface area (Å²) in [5.41, 5.74) is 2.76. The molecule has 32 heavy (non-hydrogen) atoms. The summed E-state index contributed by atoms with van der Waals surface area (Å²) in [6, 6.07) is 16.0. The number of esters is 1. The summed E-state index contributed by atoms with van der Waals surface area (Å²) in [5.74, 6) is 0.657. The number of aryl methyl sites for hydroxylation is 2. The van der Waals surface area contributed by atoms with Crippen molar-refractivity contribution in [2.45, 2.75) is 60.4 Å². The first kappa shape index (κ1) is 25.4. The number of ether oxygens (including phenoxy) is 2. The van der Waals surface area contributed by atoms with Crippen LogP contribution in [0.1, 0.15) is 56.7 Å². The van der Waals surface area contributed by atoms with E-state index >= 15 is 0 Å². The van der Waals surface area contributed by atoms with E-state index in [0.29, 0.717) is 32.7 Å². The third kappa shape index (κ3) is 8.03. The molecule has 0 aliphatic rings. The molecule has 0 fully saturated rings. The second-order valence-corrected chi connectivity index (χ2v) is 8.87. The topological polar surface area (TPSA) is 55.8 Å².